The molecule has 2 aromatic rings. The van der Waals surface area contributed by atoms with Gasteiger partial charge in [-0.1, -0.05) is 12.1 Å². The quantitative estimate of drug-likeness (QED) is 0.946. The number of nitrogens with one attached hydrogen (secondary N) is 1. The van der Waals surface area contributed by atoms with Gasteiger partial charge < -0.3 is 5.32 Å². The van der Waals surface area contributed by atoms with Crippen LogP contribution in [-0.4, -0.2) is 15.7 Å². The maximum atomic E-state index is 12.0. The van der Waals surface area contributed by atoms with E-state index in [1.807, 2.05) is 24.3 Å². The summed E-state index contributed by atoms with van der Waals surface area (Å²) in [6, 6.07) is 8.96. The number of halogens is 1. The molecule has 88 valence electrons. The second kappa shape index (κ2) is 5.14. The van der Waals surface area contributed by atoms with E-state index in [-0.39, 0.29) is 11.9 Å². The summed E-state index contributed by atoms with van der Waals surface area (Å²) in [7, 11) is 0. The molecule has 4 nitrogen and oxygen atoms in total. The van der Waals surface area contributed by atoms with Crippen molar-refractivity contribution in [1.82, 2.24) is 9.78 Å². The van der Waals surface area contributed by atoms with Crippen molar-refractivity contribution in [3.8, 4) is 0 Å². The Morgan fingerprint density at radius 1 is 1.41 bits per heavy atom. The van der Waals surface area contributed by atoms with Gasteiger partial charge in [0.25, 0.3) is 0 Å². The SMILES string of the molecule is CC(C(=O)Nc1ccccc1Br)n1cccn1. The topological polar surface area (TPSA) is 46.9 Å². The molecule has 0 saturated heterocycles. The van der Waals surface area contributed by atoms with E-state index in [9.17, 15) is 4.79 Å². The average Bonchev–Trinajstić information content (AvgIpc) is 2.84. The van der Waals surface area contributed by atoms with E-state index in [4.69, 9.17) is 0 Å². The van der Waals surface area contributed by atoms with Gasteiger partial charge in [0.15, 0.2) is 0 Å². The van der Waals surface area contributed by atoms with Crippen LogP contribution in [0.4, 0.5) is 5.69 Å². The zero-order chi connectivity index (χ0) is 12.3. The second-order valence-electron chi connectivity index (χ2n) is 3.63. The Bertz CT molecular complexity index is 510. The van der Waals surface area contributed by atoms with E-state index < -0.39 is 0 Å². The van der Waals surface area contributed by atoms with Crippen LogP contribution in [0.25, 0.3) is 0 Å². The van der Waals surface area contributed by atoms with Gasteiger partial charge in [0.2, 0.25) is 5.91 Å². The van der Waals surface area contributed by atoms with Crippen LogP contribution < -0.4 is 5.32 Å². The number of carbonyl (C=O) groups excluding carboxylic acids is 1. The summed E-state index contributed by atoms with van der Waals surface area (Å²) in [6.45, 7) is 1.80. The Labute approximate surface area is 108 Å². The van der Waals surface area contributed by atoms with Gasteiger partial charge in [0, 0.05) is 16.9 Å². The van der Waals surface area contributed by atoms with Crippen LogP contribution in [0.3, 0.4) is 0 Å². The normalized spacial score (nSPS) is 12.1. The number of hydrogen-bond acceptors (Lipinski definition) is 2. The molecule has 1 N–H and O–H groups in total. The lowest BCUT2D eigenvalue weighted by atomic mass is 10.3. The Balaban J connectivity index is 2.10. The first kappa shape index (κ1) is 11.9. The van der Waals surface area contributed by atoms with Gasteiger partial charge in [-0.2, -0.15) is 5.10 Å². The first-order chi connectivity index (χ1) is 8.18. The highest BCUT2D eigenvalue weighted by Crippen LogP contribution is 2.22. The molecule has 1 heterocycles. The van der Waals surface area contributed by atoms with Crippen LogP contribution in [0, 0.1) is 0 Å². The minimum absolute atomic E-state index is 0.0967. The van der Waals surface area contributed by atoms with Gasteiger partial charge in [-0.3, -0.25) is 9.48 Å². The van der Waals surface area contributed by atoms with Crippen molar-refractivity contribution < 1.29 is 4.79 Å². The van der Waals surface area contributed by atoms with Crippen molar-refractivity contribution in [3.05, 3.63) is 47.2 Å². The fourth-order valence-corrected chi connectivity index (χ4v) is 1.81. The average molecular weight is 294 g/mol. The zero-order valence-electron chi connectivity index (χ0n) is 9.30. The highest BCUT2D eigenvalue weighted by molar-refractivity contribution is 9.10. The molecule has 17 heavy (non-hydrogen) atoms. The molecule has 1 amide bonds. The largest absolute Gasteiger partial charge is 0.323 e. The van der Waals surface area contributed by atoms with Gasteiger partial charge in [-0.05, 0) is 41.1 Å². The second-order valence-corrected chi connectivity index (χ2v) is 4.49. The van der Waals surface area contributed by atoms with Crippen LogP contribution in [0.15, 0.2) is 47.2 Å². The first-order valence-corrected chi connectivity index (χ1v) is 6.02. The molecule has 1 aromatic carbocycles. The number of nitrogens with zero attached hydrogens (tertiary/aromatic N) is 2. The van der Waals surface area contributed by atoms with Gasteiger partial charge in [0.05, 0.1) is 5.69 Å². The number of benzene rings is 1. The Hall–Kier alpha value is -1.62. The van der Waals surface area contributed by atoms with Crippen molar-refractivity contribution >= 4 is 27.5 Å². The third-order valence-corrected chi connectivity index (χ3v) is 3.12. The Kier molecular flexibility index (Phi) is 3.58. The molecule has 1 unspecified atom stereocenters. The molecule has 2 rings (SSSR count). The van der Waals surface area contributed by atoms with Crippen LogP contribution in [-0.2, 0) is 4.79 Å². The maximum absolute atomic E-state index is 12.0. The van der Waals surface area contributed by atoms with E-state index in [0.29, 0.717) is 0 Å². The molecule has 0 aliphatic carbocycles. The molecule has 0 aliphatic heterocycles. The van der Waals surface area contributed by atoms with Crippen LogP contribution in [0.5, 0.6) is 0 Å². The minimum atomic E-state index is -0.336. The highest BCUT2D eigenvalue weighted by Gasteiger charge is 2.15. The van der Waals surface area contributed by atoms with Gasteiger partial charge in [-0.15, -0.1) is 0 Å². The van der Waals surface area contributed by atoms with E-state index in [2.05, 4.69) is 26.3 Å². The monoisotopic (exact) mass is 293 g/mol. The number of aromatic nitrogens is 2. The fraction of sp³-hybridized carbons (Fsp3) is 0.167. The smallest absolute Gasteiger partial charge is 0.248 e. The van der Waals surface area contributed by atoms with Gasteiger partial charge in [-0.25, -0.2) is 0 Å². The van der Waals surface area contributed by atoms with Crippen LogP contribution in [0.2, 0.25) is 0 Å². The molecule has 0 fully saturated rings. The number of amides is 1. The molecule has 0 saturated carbocycles. The van der Waals surface area contributed by atoms with Gasteiger partial charge >= 0.3 is 0 Å². The number of hydrogen-bond donors (Lipinski definition) is 1. The molecule has 0 aliphatic rings. The lowest BCUT2D eigenvalue weighted by molar-refractivity contribution is -0.119. The lowest BCUT2D eigenvalue weighted by Crippen LogP contribution is -2.24. The molecule has 0 bridgehead atoms. The summed E-state index contributed by atoms with van der Waals surface area (Å²) in [5.74, 6) is -0.0967. The molecule has 5 heteroatoms. The van der Waals surface area contributed by atoms with Crippen molar-refractivity contribution in [2.45, 2.75) is 13.0 Å². The van der Waals surface area contributed by atoms with Crippen molar-refractivity contribution in [1.29, 1.82) is 0 Å². The van der Waals surface area contributed by atoms with Crippen LogP contribution in [0.1, 0.15) is 13.0 Å². The molecule has 1 aromatic heterocycles. The predicted octanol–water partition coefficient (Wildman–Crippen LogP) is 2.85. The van der Waals surface area contributed by atoms with E-state index in [0.717, 1.165) is 10.2 Å². The summed E-state index contributed by atoms with van der Waals surface area (Å²) < 4.78 is 2.48. The number of rotatable bonds is 3. The molecule has 1 atom stereocenters. The molecule has 0 spiro atoms. The lowest BCUT2D eigenvalue weighted by Gasteiger charge is -2.13. The fourth-order valence-electron chi connectivity index (χ4n) is 1.43. The van der Waals surface area contributed by atoms with E-state index in [1.165, 1.54) is 0 Å². The minimum Gasteiger partial charge on any atom is -0.323 e. The van der Waals surface area contributed by atoms with E-state index in [1.54, 1.807) is 30.1 Å². The van der Waals surface area contributed by atoms with Gasteiger partial charge in [0.1, 0.15) is 6.04 Å². The zero-order valence-corrected chi connectivity index (χ0v) is 10.9. The van der Waals surface area contributed by atoms with Crippen molar-refractivity contribution in [2.24, 2.45) is 0 Å². The molecular weight excluding hydrogens is 282 g/mol. The summed E-state index contributed by atoms with van der Waals surface area (Å²) in [6.07, 6.45) is 3.42. The highest BCUT2D eigenvalue weighted by atomic mass is 79.9. The summed E-state index contributed by atoms with van der Waals surface area (Å²) in [5, 5.41) is 6.90. The van der Waals surface area contributed by atoms with Crippen LogP contribution >= 0.6 is 15.9 Å². The summed E-state index contributed by atoms with van der Waals surface area (Å²) >= 11 is 3.39. The first-order valence-electron chi connectivity index (χ1n) is 5.23. The number of carbonyl (C=O) groups is 1. The Morgan fingerprint density at radius 3 is 2.82 bits per heavy atom. The third-order valence-electron chi connectivity index (χ3n) is 2.43. The summed E-state index contributed by atoms with van der Waals surface area (Å²) in [5.41, 5.74) is 0.761. The van der Waals surface area contributed by atoms with E-state index >= 15 is 0 Å². The molecule has 0 radical (unpaired) electrons. The Morgan fingerprint density at radius 2 is 2.18 bits per heavy atom. The molecular formula is C12H12BrN3O. The van der Waals surface area contributed by atoms with Crippen molar-refractivity contribution in [3.63, 3.8) is 0 Å². The number of para-hydroxylation sites is 1. The summed E-state index contributed by atoms with van der Waals surface area (Å²) in [4.78, 5) is 12.0. The number of anilines is 1. The predicted molar refractivity (Wildman–Crippen MR) is 69.7 cm³/mol. The van der Waals surface area contributed by atoms with Crippen molar-refractivity contribution in [2.75, 3.05) is 5.32 Å². The standard InChI is InChI=1S/C12H12BrN3O/c1-9(16-8-4-7-14-16)12(17)15-11-6-3-2-5-10(11)13/h2-9H,1H3,(H,15,17). The third kappa shape index (κ3) is 2.74. The maximum Gasteiger partial charge on any atom is 0.248 e.